The number of nitrogens with one attached hydrogen (secondary N) is 2. The molecule has 0 aromatic heterocycles. The Morgan fingerprint density at radius 2 is 2.06 bits per heavy atom. The minimum Gasteiger partial charge on any atom is -0.303 e. The van der Waals surface area contributed by atoms with Crippen molar-refractivity contribution in [2.24, 2.45) is 0 Å². The SMILES string of the molecule is O=C1CCC(NC2CCN3CCCC3C2)C(=O)N1. The van der Waals surface area contributed by atoms with E-state index in [0.29, 0.717) is 24.9 Å². The average Bonchev–Trinajstić information content (AvgIpc) is 2.80. The van der Waals surface area contributed by atoms with Gasteiger partial charge in [-0.05, 0) is 45.2 Å². The second-order valence-corrected chi connectivity index (χ2v) is 5.72. The normalized spacial score (nSPS) is 37.4. The molecule has 100 valence electrons. The van der Waals surface area contributed by atoms with Gasteiger partial charge in [-0.25, -0.2) is 0 Å². The van der Waals surface area contributed by atoms with Gasteiger partial charge in [0.25, 0.3) is 0 Å². The smallest absolute Gasteiger partial charge is 0.243 e. The largest absolute Gasteiger partial charge is 0.303 e. The number of hydrogen-bond acceptors (Lipinski definition) is 4. The van der Waals surface area contributed by atoms with Crippen LogP contribution in [0.5, 0.6) is 0 Å². The van der Waals surface area contributed by atoms with Crippen LogP contribution in [0.2, 0.25) is 0 Å². The van der Waals surface area contributed by atoms with Crippen LogP contribution in [0.15, 0.2) is 0 Å². The van der Waals surface area contributed by atoms with Gasteiger partial charge in [-0.2, -0.15) is 0 Å². The Balaban J connectivity index is 1.53. The minimum atomic E-state index is -0.166. The van der Waals surface area contributed by atoms with Crippen LogP contribution in [0, 0.1) is 0 Å². The van der Waals surface area contributed by atoms with Gasteiger partial charge in [-0.1, -0.05) is 0 Å². The van der Waals surface area contributed by atoms with Crippen LogP contribution in [0.25, 0.3) is 0 Å². The number of carbonyl (C=O) groups is 2. The number of hydrogen-bond donors (Lipinski definition) is 2. The Hall–Kier alpha value is -0.940. The van der Waals surface area contributed by atoms with Crippen LogP contribution in [-0.2, 0) is 9.59 Å². The molecule has 3 aliphatic rings. The van der Waals surface area contributed by atoms with Gasteiger partial charge in [0, 0.05) is 18.5 Å². The predicted octanol–water partition coefficient (Wildman–Crippen LogP) is 0.00800. The molecule has 3 atom stereocenters. The Morgan fingerprint density at radius 1 is 1.17 bits per heavy atom. The van der Waals surface area contributed by atoms with Gasteiger partial charge < -0.3 is 10.2 Å². The molecule has 0 aliphatic carbocycles. The maximum absolute atomic E-state index is 11.7. The molecule has 5 nitrogen and oxygen atoms in total. The van der Waals surface area contributed by atoms with Crippen molar-refractivity contribution in [1.82, 2.24) is 15.5 Å². The van der Waals surface area contributed by atoms with E-state index in [0.717, 1.165) is 19.4 Å². The first-order valence-corrected chi connectivity index (χ1v) is 7.06. The lowest BCUT2D eigenvalue weighted by Gasteiger charge is -2.37. The third kappa shape index (κ3) is 2.42. The van der Waals surface area contributed by atoms with Crippen LogP contribution < -0.4 is 10.6 Å². The highest BCUT2D eigenvalue weighted by Crippen LogP contribution is 2.27. The molecule has 0 aromatic rings. The molecule has 3 rings (SSSR count). The predicted molar refractivity (Wildman–Crippen MR) is 66.9 cm³/mol. The molecular formula is C13H21N3O2. The zero-order valence-electron chi connectivity index (χ0n) is 10.7. The number of carbonyl (C=O) groups excluding carboxylic acids is 2. The molecule has 3 heterocycles. The molecule has 2 amide bonds. The lowest BCUT2D eigenvalue weighted by atomic mass is 9.95. The molecule has 3 saturated heterocycles. The second kappa shape index (κ2) is 4.97. The van der Waals surface area contributed by atoms with Crippen molar-refractivity contribution < 1.29 is 9.59 Å². The maximum atomic E-state index is 11.7. The van der Waals surface area contributed by atoms with Gasteiger partial charge in [0.2, 0.25) is 11.8 Å². The van der Waals surface area contributed by atoms with Gasteiger partial charge in [0.1, 0.15) is 0 Å². The molecule has 3 unspecified atom stereocenters. The molecule has 0 bridgehead atoms. The first-order chi connectivity index (χ1) is 8.72. The fourth-order valence-electron chi connectivity index (χ4n) is 3.51. The van der Waals surface area contributed by atoms with E-state index in [9.17, 15) is 9.59 Å². The van der Waals surface area contributed by atoms with Crippen LogP contribution in [0.4, 0.5) is 0 Å². The Labute approximate surface area is 107 Å². The van der Waals surface area contributed by atoms with Gasteiger partial charge in [0.05, 0.1) is 6.04 Å². The number of piperidine rings is 2. The Bertz CT molecular complexity index is 358. The quantitative estimate of drug-likeness (QED) is 0.679. The van der Waals surface area contributed by atoms with E-state index in [2.05, 4.69) is 15.5 Å². The highest BCUT2D eigenvalue weighted by Gasteiger charge is 2.34. The van der Waals surface area contributed by atoms with E-state index in [1.165, 1.54) is 19.4 Å². The van der Waals surface area contributed by atoms with Crippen molar-refractivity contribution in [3.8, 4) is 0 Å². The summed E-state index contributed by atoms with van der Waals surface area (Å²) in [5.41, 5.74) is 0. The summed E-state index contributed by atoms with van der Waals surface area (Å²) in [7, 11) is 0. The van der Waals surface area contributed by atoms with Crippen LogP contribution in [0.3, 0.4) is 0 Å². The van der Waals surface area contributed by atoms with Gasteiger partial charge >= 0.3 is 0 Å². The summed E-state index contributed by atoms with van der Waals surface area (Å²) in [6.45, 7) is 2.39. The van der Waals surface area contributed by atoms with E-state index < -0.39 is 0 Å². The summed E-state index contributed by atoms with van der Waals surface area (Å²) in [5.74, 6) is -0.274. The molecule has 0 radical (unpaired) electrons. The number of nitrogens with zero attached hydrogens (tertiary/aromatic N) is 1. The fourth-order valence-corrected chi connectivity index (χ4v) is 3.51. The molecule has 3 aliphatic heterocycles. The van der Waals surface area contributed by atoms with Crippen molar-refractivity contribution in [3.05, 3.63) is 0 Å². The molecule has 3 fully saturated rings. The third-order valence-corrected chi connectivity index (χ3v) is 4.50. The third-order valence-electron chi connectivity index (χ3n) is 4.50. The van der Waals surface area contributed by atoms with Crippen molar-refractivity contribution in [3.63, 3.8) is 0 Å². The molecule has 18 heavy (non-hydrogen) atoms. The summed E-state index contributed by atoms with van der Waals surface area (Å²) in [6.07, 6.45) is 6.00. The number of rotatable bonds is 2. The van der Waals surface area contributed by atoms with Crippen molar-refractivity contribution >= 4 is 11.8 Å². The summed E-state index contributed by atoms with van der Waals surface area (Å²) < 4.78 is 0. The lowest BCUT2D eigenvalue weighted by molar-refractivity contribution is -0.135. The minimum absolute atomic E-state index is 0.135. The maximum Gasteiger partial charge on any atom is 0.243 e. The van der Waals surface area contributed by atoms with Gasteiger partial charge in [0.15, 0.2) is 0 Å². The van der Waals surface area contributed by atoms with E-state index >= 15 is 0 Å². The zero-order chi connectivity index (χ0) is 12.5. The fraction of sp³-hybridized carbons (Fsp3) is 0.846. The summed E-state index contributed by atoms with van der Waals surface area (Å²) in [4.78, 5) is 25.4. The van der Waals surface area contributed by atoms with Crippen LogP contribution in [-0.4, -0.2) is 47.9 Å². The van der Waals surface area contributed by atoms with Crippen molar-refractivity contribution in [1.29, 1.82) is 0 Å². The summed E-state index contributed by atoms with van der Waals surface area (Å²) in [5, 5.41) is 5.86. The van der Waals surface area contributed by atoms with E-state index in [-0.39, 0.29) is 17.9 Å². The summed E-state index contributed by atoms with van der Waals surface area (Å²) >= 11 is 0. The number of amides is 2. The molecule has 0 spiro atoms. The first kappa shape index (κ1) is 12.1. The monoisotopic (exact) mass is 251 g/mol. The topological polar surface area (TPSA) is 61.4 Å². The van der Waals surface area contributed by atoms with Crippen LogP contribution in [0.1, 0.15) is 38.5 Å². The van der Waals surface area contributed by atoms with E-state index in [1.54, 1.807) is 0 Å². The second-order valence-electron chi connectivity index (χ2n) is 5.72. The highest BCUT2D eigenvalue weighted by molar-refractivity contribution is 6.00. The van der Waals surface area contributed by atoms with E-state index in [1.807, 2.05) is 0 Å². The van der Waals surface area contributed by atoms with Gasteiger partial charge in [-0.15, -0.1) is 0 Å². The zero-order valence-corrected chi connectivity index (χ0v) is 10.7. The molecule has 2 N–H and O–H groups in total. The number of fused-ring (bicyclic) bond motifs is 1. The van der Waals surface area contributed by atoms with Crippen molar-refractivity contribution in [2.45, 2.75) is 56.7 Å². The standard InChI is InChI=1S/C13H21N3O2/c17-12-4-3-11(13(18)15-12)14-9-5-7-16-6-1-2-10(16)8-9/h9-11,14H,1-8H2,(H,15,17,18). The molecule has 0 saturated carbocycles. The van der Waals surface area contributed by atoms with Crippen molar-refractivity contribution in [2.75, 3.05) is 13.1 Å². The first-order valence-electron chi connectivity index (χ1n) is 7.06. The van der Waals surface area contributed by atoms with Gasteiger partial charge in [-0.3, -0.25) is 14.9 Å². The Morgan fingerprint density at radius 3 is 2.89 bits per heavy atom. The molecule has 5 heteroatoms. The van der Waals surface area contributed by atoms with Crippen LogP contribution >= 0.6 is 0 Å². The lowest BCUT2D eigenvalue weighted by Crippen LogP contribution is -2.56. The van der Waals surface area contributed by atoms with E-state index in [4.69, 9.17) is 0 Å². The average molecular weight is 251 g/mol. The summed E-state index contributed by atoms with van der Waals surface area (Å²) in [6, 6.07) is 0.985. The Kier molecular flexibility index (Phi) is 3.35. The molecular weight excluding hydrogens is 230 g/mol. The highest BCUT2D eigenvalue weighted by atomic mass is 16.2. The molecule has 0 aromatic carbocycles. The number of imide groups is 1.